The van der Waals surface area contributed by atoms with E-state index in [2.05, 4.69) is 25.9 Å². The number of benzene rings is 1. The van der Waals surface area contributed by atoms with Crippen LogP contribution in [-0.2, 0) is 0 Å². The molecule has 0 saturated heterocycles. The standard InChI is InChI=1S/C12H10BrN3OS/c1-7-6-10(11(14)18)16-12(15-7)17-9-4-2-8(13)3-5-9/h2-6H,1H3,(H2,14,18). The zero-order chi connectivity index (χ0) is 13.1. The SMILES string of the molecule is Cc1cc(C(N)=S)nc(Oc2ccc(Br)cc2)n1. The average Bonchev–Trinajstić information content (AvgIpc) is 2.31. The normalized spacial score (nSPS) is 10.1. The molecule has 0 unspecified atom stereocenters. The third kappa shape index (κ3) is 3.24. The highest BCUT2D eigenvalue weighted by molar-refractivity contribution is 9.10. The topological polar surface area (TPSA) is 61.0 Å². The molecule has 1 heterocycles. The van der Waals surface area contributed by atoms with Crippen LogP contribution in [0.5, 0.6) is 11.8 Å². The summed E-state index contributed by atoms with van der Waals surface area (Å²) in [4.78, 5) is 8.54. The van der Waals surface area contributed by atoms with Gasteiger partial charge in [-0.15, -0.1) is 0 Å². The van der Waals surface area contributed by atoms with Crippen molar-refractivity contribution >= 4 is 33.1 Å². The molecule has 0 radical (unpaired) electrons. The first kappa shape index (κ1) is 12.9. The van der Waals surface area contributed by atoms with Crippen LogP contribution in [0.2, 0.25) is 0 Å². The Hall–Kier alpha value is -1.53. The highest BCUT2D eigenvalue weighted by Crippen LogP contribution is 2.21. The number of rotatable bonds is 3. The summed E-state index contributed by atoms with van der Waals surface area (Å²) >= 11 is 8.24. The zero-order valence-corrected chi connectivity index (χ0v) is 12.0. The summed E-state index contributed by atoms with van der Waals surface area (Å²) in [5.74, 6) is 0.651. The van der Waals surface area contributed by atoms with E-state index in [-0.39, 0.29) is 11.0 Å². The second-order valence-electron chi connectivity index (χ2n) is 3.60. The summed E-state index contributed by atoms with van der Waals surface area (Å²) in [6.07, 6.45) is 0. The van der Waals surface area contributed by atoms with E-state index < -0.39 is 0 Å². The quantitative estimate of drug-likeness (QED) is 0.880. The van der Waals surface area contributed by atoms with Gasteiger partial charge in [-0.25, -0.2) is 4.98 Å². The Morgan fingerprint density at radius 2 is 1.94 bits per heavy atom. The molecule has 0 aliphatic rings. The van der Waals surface area contributed by atoms with Gasteiger partial charge in [-0.05, 0) is 37.3 Å². The lowest BCUT2D eigenvalue weighted by atomic mass is 10.3. The molecule has 0 aliphatic heterocycles. The molecule has 6 heteroatoms. The van der Waals surface area contributed by atoms with Crippen molar-refractivity contribution in [3.8, 4) is 11.8 Å². The first-order chi connectivity index (χ1) is 8.54. The van der Waals surface area contributed by atoms with Gasteiger partial charge in [0.1, 0.15) is 16.4 Å². The molecule has 0 amide bonds. The monoisotopic (exact) mass is 323 g/mol. The third-order valence-electron chi connectivity index (χ3n) is 2.11. The molecule has 2 N–H and O–H groups in total. The number of thiocarbonyl (C=S) groups is 1. The van der Waals surface area contributed by atoms with Crippen LogP contribution in [-0.4, -0.2) is 15.0 Å². The summed E-state index contributed by atoms with van der Waals surface area (Å²) in [6, 6.07) is 9.34. The van der Waals surface area contributed by atoms with Crippen LogP contribution in [0.1, 0.15) is 11.4 Å². The number of hydrogen-bond donors (Lipinski definition) is 1. The van der Waals surface area contributed by atoms with E-state index in [4.69, 9.17) is 22.7 Å². The minimum atomic E-state index is 0.223. The van der Waals surface area contributed by atoms with Crippen molar-refractivity contribution in [2.45, 2.75) is 6.92 Å². The molecule has 0 fully saturated rings. The molecule has 1 aromatic carbocycles. The second kappa shape index (κ2) is 5.41. The maximum Gasteiger partial charge on any atom is 0.322 e. The van der Waals surface area contributed by atoms with Crippen LogP contribution in [0.15, 0.2) is 34.8 Å². The fraction of sp³-hybridized carbons (Fsp3) is 0.0833. The van der Waals surface area contributed by atoms with Gasteiger partial charge in [0.15, 0.2) is 0 Å². The Morgan fingerprint density at radius 3 is 2.56 bits per heavy atom. The summed E-state index contributed by atoms with van der Waals surface area (Å²) < 4.78 is 6.52. The van der Waals surface area contributed by atoms with Gasteiger partial charge in [-0.1, -0.05) is 28.1 Å². The summed E-state index contributed by atoms with van der Waals surface area (Å²) in [6.45, 7) is 1.83. The molecule has 0 atom stereocenters. The average molecular weight is 324 g/mol. The third-order valence-corrected chi connectivity index (χ3v) is 2.85. The molecule has 18 heavy (non-hydrogen) atoms. The number of nitrogens with zero attached hydrogens (tertiary/aromatic N) is 2. The minimum Gasteiger partial charge on any atom is -0.424 e. The lowest BCUT2D eigenvalue weighted by Crippen LogP contribution is -2.13. The molecule has 2 rings (SSSR count). The summed E-state index contributed by atoms with van der Waals surface area (Å²) in [5.41, 5.74) is 6.80. The smallest absolute Gasteiger partial charge is 0.322 e. The Morgan fingerprint density at radius 1 is 1.28 bits per heavy atom. The molecule has 92 valence electrons. The fourth-order valence-electron chi connectivity index (χ4n) is 1.32. The minimum absolute atomic E-state index is 0.223. The van der Waals surface area contributed by atoms with Crippen LogP contribution in [0.3, 0.4) is 0 Å². The van der Waals surface area contributed by atoms with Gasteiger partial charge in [0.25, 0.3) is 0 Å². The Bertz CT molecular complexity index is 586. The molecule has 0 bridgehead atoms. The van der Waals surface area contributed by atoms with Gasteiger partial charge in [-0.2, -0.15) is 4.98 Å². The molecule has 2 aromatic rings. The highest BCUT2D eigenvalue weighted by Gasteiger charge is 2.06. The summed E-state index contributed by atoms with van der Waals surface area (Å²) in [5, 5.41) is 0. The van der Waals surface area contributed by atoms with Crippen molar-refractivity contribution in [3.05, 3.63) is 46.2 Å². The number of nitrogens with two attached hydrogens (primary N) is 1. The molecule has 1 aromatic heterocycles. The van der Waals surface area contributed by atoms with E-state index in [1.165, 1.54) is 0 Å². The van der Waals surface area contributed by atoms with Crippen LogP contribution in [0.4, 0.5) is 0 Å². The molecular weight excluding hydrogens is 314 g/mol. The van der Waals surface area contributed by atoms with Crippen LogP contribution in [0, 0.1) is 6.92 Å². The van der Waals surface area contributed by atoms with Crippen LogP contribution in [0.25, 0.3) is 0 Å². The van der Waals surface area contributed by atoms with Gasteiger partial charge in [0.05, 0.1) is 0 Å². The largest absolute Gasteiger partial charge is 0.424 e. The van der Waals surface area contributed by atoms with Crippen molar-refractivity contribution in [3.63, 3.8) is 0 Å². The van der Waals surface area contributed by atoms with E-state index in [0.717, 1.165) is 10.2 Å². The Kier molecular flexibility index (Phi) is 3.88. The second-order valence-corrected chi connectivity index (χ2v) is 4.95. The predicted molar refractivity (Wildman–Crippen MR) is 76.9 cm³/mol. The highest BCUT2D eigenvalue weighted by atomic mass is 79.9. The predicted octanol–water partition coefficient (Wildman–Crippen LogP) is 2.97. The first-order valence-electron chi connectivity index (χ1n) is 5.13. The van der Waals surface area contributed by atoms with E-state index in [0.29, 0.717) is 11.4 Å². The number of halogens is 1. The maximum absolute atomic E-state index is 5.55. The fourth-order valence-corrected chi connectivity index (χ4v) is 1.69. The van der Waals surface area contributed by atoms with E-state index in [9.17, 15) is 0 Å². The first-order valence-corrected chi connectivity index (χ1v) is 6.33. The van der Waals surface area contributed by atoms with Gasteiger partial charge >= 0.3 is 6.01 Å². The van der Waals surface area contributed by atoms with Crippen LogP contribution < -0.4 is 10.5 Å². The van der Waals surface area contributed by atoms with Crippen molar-refractivity contribution in [1.82, 2.24) is 9.97 Å². The van der Waals surface area contributed by atoms with Crippen molar-refractivity contribution in [1.29, 1.82) is 0 Å². The molecule has 0 saturated carbocycles. The number of aryl methyl sites for hydroxylation is 1. The van der Waals surface area contributed by atoms with Crippen LogP contribution >= 0.6 is 28.1 Å². The maximum atomic E-state index is 5.55. The van der Waals surface area contributed by atoms with Crippen molar-refractivity contribution < 1.29 is 4.74 Å². The number of aromatic nitrogens is 2. The number of ether oxygens (including phenoxy) is 1. The van der Waals surface area contributed by atoms with Gasteiger partial charge in [0, 0.05) is 10.2 Å². The molecule has 4 nitrogen and oxygen atoms in total. The number of hydrogen-bond acceptors (Lipinski definition) is 4. The van der Waals surface area contributed by atoms with Gasteiger partial charge < -0.3 is 10.5 Å². The lowest BCUT2D eigenvalue weighted by Gasteiger charge is -2.06. The molecular formula is C12H10BrN3OS. The van der Waals surface area contributed by atoms with Gasteiger partial charge in [0.2, 0.25) is 0 Å². The Balaban J connectivity index is 2.28. The van der Waals surface area contributed by atoms with Crippen molar-refractivity contribution in [2.24, 2.45) is 5.73 Å². The molecule has 0 aliphatic carbocycles. The molecule has 0 spiro atoms. The lowest BCUT2D eigenvalue weighted by molar-refractivity contribution is 0.440. The summed E-state index contributed by atoms with van der Waals surface area (Å²) in [7, 11) is 0. The van der Waals surface area contributed by atoms with Gasteiger partial charge in [-0.3, -0.25) is 0 Å². The Labute approximate surface area is 118 Å². The van der Waals surface area contributed by atoms with Crippen molar-refractivity contribution in [2.75, 3.05) is 0 Å². The van der Waals surface area contributed by atoms with E-state index >= 15 is 0 Å². The zero-order valence-electron chi connectivity index (χ0n) is 9.55. The van der Waals surface area contributed by atoms with E-state index in [1.54, 1.807) is 6.07 Å². The van der Waals surface area contributed by atoms with E-state index in [1.807, 2.05) is 31.2 Å².